The summed E-state index contributed by atoms with van der Waals surface area (Å²) < 4.78 is 18.4. The summed E-state index contributed by atoms with van der Waals surface area (Å²) in [6, 6.07) is 15.0. The Kier molecular flexibility index (Phi) is 6.45. The third kappa shape index (κ3) is 5.02. The topological polar surface area (TPSA) is 133 Å². The maximum absolute atomic E-state index is 9.68. The molecular weight excluding hydrogens is 448 g/mol. The number of methoxy groups -OCH3 is 1. The van der Waals surface area contributed by atoms with Gasteiger partial charge in [-0.25, -0.2) is 9.97 Å². The summed E-state index contributed by atoms with van der Waals surface area (Å²) in [7, 11) is 1.58. The molecule has 0 radical (unpaired) electrons. The molecule has 3 heterocycles. The van der Waals surface area contributed by atoms with Gasteiger partial charge in [-0.05, 0) is 46.8 Å². The van der Waals surface area contributed by atoms with Gasteiger partial charge >= 0.3 is 0 Å². The molecular formula is C24H22N8O3. The summed E-state index contributed by atoms with van der Waals surface area (Å²) >= 11 is 0. The van der Waals surface area contributed by atoms with Crippen molar-refractivity contribution in [1.29, 1.82) is 5.26 Å². The first kappa shape index (κ1) is 22.2. The Morgan fingerprint density at radius 2 is 2.00 bits per heavy atom. The standard InChI is InChI=1S/C24H22N8O3/c1-33-23-13-18(3-4-21(23)32-15-27-30-31-32)28-24-26-9-6-20(29-24)16-2-5-22(17(12-16)14-25)35-19-7-10-34-11-8-19/h2-6,9,12-13,15,19H,7-8,10-11H2,1H3,(H,26,28,29). The Morgan fingerprint density at radius 1 is 1.11 bits per heavy atom. The van der Waals surface area contributed by atoms with Crippen LogP contribution in [0.25, 0.3) is 16.9 Å². The highest BCUT2D eigenvalue weighted by Gasteiger charge is 2.18. The monoisotopic (exact) mass is 470 g/mol. The van der Waals surface area contributed by atoms with Crippen molar-refractivity contribution in [2.75, 3.05) is 25.6 Å². The number of hydrogen-bond acceptors (Lipinski definition) is 10. The van der Waals surface area contributed by atoms with Gasteiger partial charge in [0.15, 0.2) is 0 Å². The molecule has 1 aliphatic heterocycles. The van der Waals surface area contributed by atoms with Gasteiger partial charge in [0.05, 0.1) is 31.6 Å². The average Bonchev–Trinajstić information content (AvgIpc) is 3.44. The summed E-state index contributed by atoms with van der Waals surface area (Å²) in [5, 5.41) is 24.1. The van der Waals surface area contributed by atoms with Crippen molar-refractivity contribution < 1.29 is 14.2 Å². The average molecular weight is 470 g/mol. The normalized spacial score (nSPS) is 13.7. The highest BCUT2D eigenvalue weighted by molar-refractivity contribution is 5.67. The van der Waals surface area contributed by atoms with Gasteiger partial charge in [0, 0.05) is 36.4 Å². The van der Waals surface area contributed by atoms with Crippen LogP contribution in [0.15, 0.2) is 55.0 Å². The lowest BCUT2D eigenvalue weighted by Crippen LogP contribution is -2.26. The van der Waals surface area contributed by atoms with E-state index in [-0.39, 0.29) is 6.10 Å². The summed E-state index contributed by atoms with van der Waals surface area (Å²) in [6.07, 6.45) is 4.84. The number of nitriles is 1. The molecule has 0 atom stereocenters. The molecule has 0 spiro atoms. The van der Waals surface area contributed by atoms with Crippen LogP contribution in [0.4, 0.5) is 11.6 Å². The van der Waals surface area contributed by atoms with E-state index in [1.807, 2.05) is 30.3 Å². The van der Waals surface area contributed by atoms with Gasteiger partial charge in [0.25, 0.3) is 0 Å². The molecule has 0 aliphatic carbocycles. The number of aromatic nitrogens is 6. The quantitative estimate of drug-likeness (QED) is 0.429. The Labute approximate surface area is 201 Å². The smallest absolute Gasteiger partial charge is 0.227 e. The third-order valence-corrected chi connectivity index (χ3v) is 5.55. The van der Waals surface area contributed by atoms with E-state index in [0.717, 1.165) is 24.1 Å². The second-order valence-corrected chi connectivity index (χ2v) is 7.78. The summed E-state index contributed by atoms with van der Waals surface area (Å²) in [5.74, 6) is 1.56. The largest absolute Gasteiger partial charge is 0.494 e. The molecule has 1 fully saturated rings. The molecule has 176 valence electrons. The fourth-order valence-electron chi connectivity index (χ4n) is 3.78. The van der Waals surface area contributed by atoms with E-state index in [9.17, 15) is 5.26 Å². The number of rotatable bonds is 7. The van der Waals surface area contributed by atoms with E-state index in [1.54, 1.807) is 25.4 Å². The maximum atomic E-state index is 9.68. The molecule has 2 aromatic carbocycles. The van der Waals surface area contributed by atoms with Crippen LogP contribution in [-0.2, 0) is 4.74 Å². The van der Waals surface area contributed by atoms with Crippen LogP contribution in [0.2, 0.25) is 0 Å². The fraction of sp³-hybridized carbons (Fsp3) is 0.250. The van der Waals surface area contributed by atoms with E-state index in [0.29, 0.717) is 47.6 Å². The van der Waals surface area contributed by atoms with Crippen LogP contribution < -0.4 is 14.8 Å². The maximum Gasteiger partial charge on any atom is 0.227 e. The Morgan fingerprint density at radius 3 is 2.77 bits per heavy atom. The number of nitrogens with zero attached hydrogens (tertiary/aromatic N) is 7. The van der Waals surface area contributed by atoms with E-state index in [4.69, 9.17) is 14.2 Å². The van der Waals surface area contributed by atoms with Gasteiger partial charge in [-0.3, -0.25) is 0 Å². The Hall–Kier alpha value is -4.56. The van der Waals surface area contributed by atoms with Gasteiger partial charge in [-0.15, -0.1) is 5.10 Å². The molecule has 35 heavy (non-hydrogen) atoms. The first-order valence-electron chi connectivity index (χ1n) is 11.0. The van der Waals surface area contributed by atoms with E-state index in [1.165, 1.54) is 11.0 Å². The lowest BCUT2D eigenvalue weighted by molar-refractivity contribution is 0.0254. The van der Waals surface area contributed by atoms with E-state index >= 15 is 0 Å². The predicted octanol–water partition coefficient (Wildman–Crippen LogP) is 3.30. The molecule has 0 bridgehead atoms. The minimum Gasteiger partial charge on any atom is -0.494 e. The zero-order valence-corrected chi connectivity index (χ0v) is 19.0. The van der Waals surface area contributed by atoms with Crippen molar-refractivity contribution >= 4 is 11.6 Å². The number of nitrogens with one attached hydrogen (secondary N) is 1. The third-order valence-electron chi connectivity index (χ3n) is 5.55. The van der Waals surface area contributed by atoms with Gasteiger partial charge in [0.2, 0.25) is 5.95 Å². The van der Waals surface area contributed by atoms with Gasteiger partial charge in [-0.2, -0.15) is 9.94 Å². The number of anilines is 2. The molecule has 1 N–H and O–H groups in total. The lowest BCUT2D eigenvalue weighted by atomic mass is 10.1. The molecule has 1 saturated heterocycles. The molecule has 1 aliphatic rings. The number of tetrazole rings is 1. The second-order valence-electron chi connectivity index (χ2n) is 7.78. The fourth-order valence-corrected chi connectivity index (χ4v) is 3.78. The van der Waals surface area contributed by atoms with Crippen LogP contribution in [0.5, 0.6) is 11.5 Å². The molecule has 4 aromatic rings. The van der Waals surface area contributed by atoms with Crippen LogP contribution >= 0.6 is 0 Å². The van der Waals surface area contributed by atoms with Gasteiger partial charge < -0.3 is 19.5 Å². The molecule has 0 saturated carbocycles. The first-order valence-corrected chi connectivity index (χ1v) is 11.0. The minimum atomic E-state index is 0.0563. The first-order chi connectivity index (χ1) is 17.2. The van der Waals surface area contributed by atoms with E-state index in [2.05, 4.69) is 36.9 Å². The number of ether oxygens (including phenoxy) is 3. The van der Waals surface area contributed by atoms with Crippen LogP contribution in [-0.4, -0.2) is 56.6 Å². The molecule has 5 rings (SSSR count). The second kappa shape index (κ2) is 10.1. The molecule has 11 heteroatoms. The molecule has 0 unspecified atom stereocenters. The van der Waals surface area contributed by atoms with Crippen molar-refractivity contribution in [2.24, 2.45) is 0 Å². The van der Waals surface area contributed by atoms with Crippen molar-refractivity contribution in [1.82, 2.24) is 30.2 Å². The SMILES string of the molecule is COc1cc(Nc2nccc(-c3ccc(OC4CCOCC4)c(C#N)c3)n2)ccc1-n1cnnn1. The highest BCUT2D eigenvalue weighted by atomic mass is 16.5. The summed E-state index contributed by atoms with van der Waals surface area (Å²) in [4.78, 5) is 8.94. The van der Waals surface area contributed by atoms with Gasteiger partial charge in [-0.1, -0.05) is 0 Å². The van der Waals surface area contributed by atoms with Crippen LogP contribution in [0.3, 0.4) is 0 Å². The number of benzene rings is 2. The zero-order valence-electron chi connectivity index (χ0n) is 19.0. The van der Waals surface area contributed by atoms with Crippen LogP contribution in [0.1, 0.15) is 18.4 Å². The summed E-state index contributed by atoms with van der Waals surface area (Å²) in [6.45, 7) is 1.35. The summed E-state index contributed by atoms with van der Waals surface area (Å²) in [5.41, 5.74) is 3.36. The van der Waals surface area contributed by atoms with Crippen LogP contribution in [0, 0.1) is 11.3 Å². The lowest BCUT2D eigenvalue weighted by Gasteiger charge is -2.23. The van der Waals surface area contributed by atoms with Crippen molar-refractivity contribution in [3.63, 3.8) is 0 Å². The highest BCUT2D eigenvalue weighted by Crippen LogP contribution is 2.29. The zero-order chi connectivity index (χ0) is 24.0. The van der Waals surface area contributed by atoms with Crippen molar-refractivity contribution in [3.8, 4) is 34.5 Å². The molecule has 0 amide bonds. The van der Waals surface area contributed by atoms with Gasteiger partial charge in [0.1, 0.15) is 35.7 Å². The Balaban J connectivity index is 1.36. The molecule has 11 nitrogen and oxygen atoms in total. The minimum absolute atomic E-state index is 0.0563. The Bertz CT molecular complexity index is 1350. The van der Waals surface area contributed by atoms with Crippen molar-refractivity contribution in [2.45, 2.75) is 18.9 Å². The predicted molar refractivity (Wildman–Crippen MR) is 126 cm³/mol. The van der Waals surface area contributed by atoms with Crippen molar-refractivity contribution in [3.05, 3.63) is 60.6 Å². The molecule has 2 aromatic heterocycles. The van der Waals surface area contributed by atoms with E-state index < -0.39 is 0 Å². The number of hydrogen-bond donors (Lipinski definition) is 1.